The van der Waals surface area contributed by atoms with E-state index >= 15 is 0 Å². The van der Waals surface area contributed by atoms with Crippen LogP contribution < -0.4 is 5.32 Å². The van der Waals surface area contributed by atoms with Gasteiger partial charge in [-0.1, -0.05) is 0 Å². The van der Waals surface area contributed by atoms with Crippen LogP contribution in [0.2, 0.25) is 0 Å². The van der Waals surface area contributed by atoms with Crippen molar-refractivity contribution >= 4 is 32.7 Å². The van der Waals surface area contributed by atoms with Gasteiger partial charge in [0.05, 0.1) is 10.7 Å². The van der Waals surface area contributed by atoms with Crippen LogP contribution in [0, 0.1) is 11.3 Å². The van der Waals surface area contributed by atoms with E-state index < -0.39 is 0 Å². The average molecular weight is 418 g/mol. The van der Waals surface area contributed by atoms with Gasteiger partial charge in [-0.25, -0.2) is 4.98 Å². The number of halogens is 1. The molecule has 1 N–H and O–H groups in total. The molecule has 0 atom stereocenters. The summed E-state index contributed by atoms with van der Waals surface area (Å²) in [6.45, 7) is 4.77. The number of nitrogens with zero attached hydrogens (tertiary/aromatic N) is 4. The Morgan fingerprint density at radius 3 is 2.65 bits per heavy atom. The Hall–Kier alpha value is -1.62. The molecule has 0 spiro atoms. The lowest BCUT2D eigenvalue weighted by atomic mass is 9.89. The third kappa shape index (κ3) is 3.59. The molecular weight excluding hydrogens is 394 g/mol. The Balaban J connectivity index is 1.38. The van der Waals surface area contributed by atoms with E-state index in [9.17, 15) is 0 Å². The van der Waals surface area contributed by atoms with Gasteiger partial charge in [-0.3, -0.25) is 4.90 Å². The van der Waals surface area contributed by atoms with Gasteiger partial charge < -0.3 is 14.6 Å². The highest BCUT2D eigenvalue weighted by Gasteiger charge is 2.28. The van der Waals surface area contributed by atoms with Crippen molar-refractivity contribution in [1.82, 2.24) is 14.8 Å². The fraction of sp³-hybridized carbons (Fsp3) is 0.579. The molecule has 2 fully saturated rings. The fourth-order valence-electron chi connectivity index (χ4n) is 4.10. The summed E-state index contributed by atoms with van der Waals surface area (Å²) >= 11 is 3.62. The minimum absolute atomic E-state index is 0.312. The summed E-state index contributed by atoms with van der Waals surface area (Å²) in [6.07, 6.45) is 6.51. The van der Waals surface area contributed by atoms with Crippen molar-refractivity contribution in [2.75, 3.05) is 38.5 Å². The molecular formula is C19H24BrN5O. The normalized spacial score (nSPS) is 25.3. The van der Waals surface area contributed by atoms with E-state index in [0.29, 0.717) is 17.4 Å². The second-order valence-electron chi connectivity index (χ2n) is 7.41. The summed E-state index contributed by atoms with van der Waals surface area (Å²) in [6, 6.07) is 4.98. The molecule has 0 aromatic carbocycles. The molecule has 0 unspecified atom stereocenters. The molecule has 1 saturated heterocycles. The summed E-state index contributed by atoms with van der Waals surface area (Å²) in [7, 11) is 2.21. The molecule has 0 amide bonds. The van der Waals surface area contributed by atoms with E-state index in [1.54, 1.807) is 12.3 Å². The number of hydrogen-bond acceptors (Lipinski definition) is 6. The van der Waals surface area contributed by atoms with Gasteiger partial charge in [0.1, 0.15) is 11.9 Å². The van der Waals surface area contributed by atoms with E-state index in [0.717, 1.165) is 34.6 Å². The van der Waals surface area contributed by atoms with Crippen LogP contribution >= 0.6 is 15.9 Å². The first kappa shape index (κ1) is 17.8. The van der Waals surface area contributed by atoms with Gasteiger partial charge in [0.15, 0.2) is 5.58 Å². The van der Waals surface area contributed by atoms with Gasteiger partial charge in [0, 0.05) is 49.7 Å². The first-order valence-corrected chi connectivity index (χ1v) is 10.1. The Morgan fingerprint density at radius 1 is 1.23 bits per heavy atom. The summed E-state index contributed by atoms with van der Waals surface area (Å²) in [4.78, 5) is 9.57. The van der Waals surface area contributed by atoms with Crippen LogP contribution in [0.15, 0.2) is 21.2 Å². The molecule has 26 heavy (non-hydrogen) atoms. The third-order valence-electron chi connectivity index (χ3n) is 5.72. The van der Waals surface area contributed by atoms with Crippen LogP contribution in [0.3, 0.4) is 0 Å². The minimum atomic E-state index is 0.312. The van der Waals surface area contributed by atoms with Gasteiger partial charge in [-0.15, -0.1) is 0 Å². The van der Waals surface area contributed by atoms with Crippen molar-refractivity contribution < 1.29 is 4.42 Å². The summed E-state index contributed by atoms with van der Waals surface area (Å²) in [5.74, 6) is 1.15. The zero-order valence-electron chi connectivity index (χ0n) is 15.0. The monoisotopic (exact) mass is 417 g/mol. The zero-order chi connectivity index (χ0) is 18.1. The van der Waals surface area contributed by atoms with E-state index in [4.69, 9.17) is 9.68 Å². The second kappa shape index (κ2) is 7.55. The number of nitrogens with one attached hydrogen (secondary N) is 1. The number of likely N-dealkylation sites (N-methyl/N-ethyl adjacent to an activating group) is 1. The van der Waals surface area contributed by atoms with Crippen molar-refractivity contribution in [2.24, 2.45) is 0 Å². The molecule has 2 aromatic heterocycles. The summed E-state index contributed by atoms with van der Waals surface area (Å²) in [5, 5.41) is 13.5. The molecule has 138 valence electrons. The number of furan rings is 1. The van der Waals surface area contributed by atoms with E-state index in [-0.39, 0.29) is 0 Å². The zero-order valence-corrected chi connectivity index (χ0v) is 16.6. The number of aromatic nitrogens is 1. The molecule has 2 aromatic rings. The maximum absolute atomic E-state index is 9.01. The fourth-order valence-corrected chi connectivity index (χ4v) is 4.63. The van der Waals surface area contributed by atoms with Gasteiger partial charge in [0.25, 0.3) is 0 Å². The van der Waals surface area contributed by atoms with Crippen LogP contribution in [0.5, 0.6) is 0 Å². The summed E-state index contributed by atoms with van der Waals surface area (Å²) in [5.41, 5.74) is 0.637. The Kier molecular flexibility index (Phi) is 5.16. The number of piperazine rings is 1. The number of rotatable bonds is 3. The molecule has 3 heterocycles. The lowest BCUT2D eigenvalue weighted by Crippen LogP contribution is -2.50. The second-order valence-corrected chi connectivity index (χ2v) is 8.20. The van der Waals surface area contributed by atoms with Crippen molar-refractivity contribution in [2.45, 2.75) is 37.8 Å². The van der Waals surface area contributed by atoms with Crippen molar-refractivity contribution in [1.29, 1.82) is 5.26 Å². The maximum atomic E-state index is 9.01. The molecule has 7 heteroatoms. The predicted octanol–water partition coefficient (Wildman–Crippen LogP) is 3.43. The molecule has 1 aliphatic carbocycles. The van der Waals surface area contributed by atoms with Crippen LogP contribution in [0.4, 0.5) is 5.82 Å². The van der Waals surface area contributed by atoms with Crippen LogP contribution in [0.25, 0.3) is 11.0 Å². The summed E-state index contributed by atoms with van der Waals surface area (Å²) < 4.78 is 6.32. The van der Waals surface area contributed by atoms with Crippen molar-refractivity contribution in [3.8, 4) is 6.07 Å². The van der Waals surface area contributed by atoms with Crippen LogP contribution in [-0.4, -0.2) is 60.1 Å². The number of hydrogen-bond donors (Lipinski definition) is 1. The standard InChI is InChI=1S/C19H24BrN5O/c1-24-6-8-25(9-7-24)14-4-2-13(3-5-14)23-19-18(20)16-10-15(11-21)26-17(16)12-22-19/h10,12-14H,2-9H2,1H3,(H,22,23). The van der Waals surface area contributed by atoms with Gasteiger partial charge in [0.2, 0.25) is 5.76 Å². The minimum Gasteiger partial charge on any atom is -0.444 e. The number of fused-ring (bicyclic) bond motifs is 1. The van der Waals surface area contributed by atoms with Crippen LogP contribution in [-0.2, 0) is 0 Å². The largest absolute Gasteiger partial charge is 0.444 e. The smallest absolute Gasteiger partial charge is 0.204 e. The van der Waals surface area contributed by atoms with Crippen molar-refractivity contribution in [3.63, 3.8) is 0 Å². The van der Waals surface area contributed by atoms with E-state index in [2.05, 4.69) is 43.1 Å². The topological polar surface area (TPSA) is 68.3 Å². The Labute approximate surface area is 162 Å². The quantitative estimate of drug-likeness (QED) is 0.824. The highest BCUT2D eigenvalue weighted by molar-refractivity contribution is 9.10. The Morgan fingerprint density at radius 2 is 1.96 bits per heavy atom. The first-order chi connectivity index (χ1) is 12.6. The van der Waals surface area contributed by atoms with Gasteiger partial charge >= 0.3 is 0 Å². The predicted molar refractivity (Wildman–Crippen MR) is 105 cm³/mol. The SMILES string of the molecule is CN1CCN(C2CCC(Nc3ncc4oc(C#N)cc4c3Br)CC2)CC1. The lowest BCUT2D eigenvalue weighted by molar-refractivity contribution is 0.0894. The molecule has 2 aliphatic rings. The Bertz CT molecular complexity index is 813. The number of pyridine rings is 1. The van der Waals surface area contributed by atoms with Gasteiger partial charge in [-0.2, -0.15) is 5.26 Å². The highest BCUT2D eigenvalue weighted by atomic mass is 79.9. The van der Waals surface area contributed by atoms with E-state index in [1.165, 1.54) is 39.0 Å². The highest BCUT2D eigenvalue weighted by Crippen LogP contribution is 2.33. The van der Waals surface area contributed by atoms with Crippen LogP contribution in [0.1, 0.15) is 31.4 Å². The molecule has 1 aliphatic heterocycles. The molecule has 4 rings (SSSR count). The number of nitriles is 1. The average Bonchev–Trinajstić information content (AvgIpc) is 3.10. The van der Waals surface area contributed by atoms with Crippen molar-refractivity contribution in [3.05, 3.63) is 22.5 Å². The third-order valence-corrected chi connectivity index (χ3v) is 6.52. The number of anilines is 1. The first-order valence-electron chi connectivity index (χ1n) is 9.31. The molecule has 6 nitrogen and oxygen atoms in total. The molecule has 1 saturated carbocycles. The van der Waals surface area contributed by atoms with Gasteiger partial charge in [-0.05, 0) is 48.7 Å². The molecule has 0 bridgehead atoms. The maximum Gasteiger partial charge on any atom is 0.204 e. The molecule has 0 radical (unpaired) electrons. The van der Waals surface area contributed by atoms with E-state index in [1.807, 2.05) is 6.07 Å². The lowest BCUT2D eigenvalue weighted by Gasteiger charge is -2.41.